The highest BCUT2D eigenvalue weighted by Crippen LogP contribution is 2.35. The lowest BCUT2D eigenvalue weighted by molar-refractivity contribution is 0.267. The van der Waals surface area contributed by atoms with Crippen molar-refractivity contribution in [1.29, 1.82) is 0 Å². The fourth-order valence-electron chi connectivity index (χ4n) is 1.70. The van der Waals surface area contributed by atoms with Crippen LogP contribution >= 0.6 is 0 Å². The highest BCUT2D eigenvalue weighted by molar-refractivity contribution is 5.47. The van der Waals surface area contributed by atoms with Crippen LogP contribution in [0.4, 0.5) is 0 Å². The van der Waals surface area contributed by atoms with Crippen LogP contribution in [0.2, 0.25) is 0 Å². The molecule has 1 aromatic carbocycles. The van der Waals surface area contributed by atoms with Crippen molar-refractivity contribution in [1.82, 2.24) is 0 Å². The lowest BCUT2D eigenvalue weighted by Gasteiger charge is -2.23. The van der Waals surface area contributed by atoms with Crippen molar-refractivity contribution >= 4 is 0 Å². The lowest BCUT2D eigenvalue weighted by Crippen LogP contribution is -2.18. The van der Waals surface area contributed by atoms with Gasteiger partial charge in [0.15, 0.2) is 0 Å². The Hall–Kier alpha value is -1.06. The third-order valence-corrected chi connectivity index (χ3v) is 2.76. The zero-order valence-corrected chi connectivity index (χ0v) is 10.4. The van der Waals surface area contributed by atoms with Crippen molar-refractivity contribution < 1.29 is 10.2 Å². The second kappa shape index (κ2) is 4.44. The number of aliphatic hydroxyl groups is 1. The second-order valence-electron chi connectivity index (χ2n) is 5.27. The van der Waals surface area contributed by atoms with Gasteiger partial charge in [-0.25, -0.2) is 0 Å². The van der Waals surface area contributed by atoms with Gasteiger partial charge in [0.05, 0.1) is 12.6 Å². The minimum absolute atomic E-state index is 0.0895. The summed E-state index contributed by atoms with van der Waals surface area (Å²) in [6.45, 7) is 7.87. The molecule has 0 radical (unpaired) electrons. The molecule has 1 aromatic rings. The van der Waals surface area contributed by atoms with E-state index in [-0.39, 0.29) is 18.1 Å². The third kappa shape index (κ3) is 2.54. The van der Waals surface area contributed by atoms with Gasteiger partial charge in [-0.05, 0) is 35.1 Å². The second-order valence-corrected chi connectivity index (χ2v) is 5.27. The number of phenols is 1. The topological polar surface area (TPSA) is 66.5 Å². The van der Waals surface area contributed by atoms with E-state index in [0.29, 0.717) is 5.75 Å². The van der Waals surface area contributed by atoms with Gasteiger partial charge >= 0.3 is 0 Å². The SMILES string of the molecule is Cc1cc(C(N)CO)cc(C(C)(C)C)c1O. The minimum atomic E-state index is -0.389. The standard InChI is InChI=1S/C13H21NO2/c1-8-5-9(11(14)7-15)6-10(12(8)16)13(2,3)4/h5-6,11,15-16H,7,14H2,1-4H3. The van der Waals surface area contributed by atoms with Crippen LogP contribution < -0.4 is 5.73 Å². The Balaban J connectivity index is 3.33. The zero-order chi connectivity index (χ0) is 12.5. The van der Waals surface area contributed by atoms with Crippen LogP contribution in [-0.4, -0.2) is 16.8 Å². The van der Waals surface area contributed by atoms with Crippen LogP contribution in [-0.2, 0) is 5.41 Å². The van der Waals surface area contributed by atoms with Crippen molar-refractivity contribution in [3.63, 3.8) is 0 Å². The summed E-state index contributed by atoms with van der Waals surface area (Å²) in [7, 11) is 0. The minimum Gasteiger partial charge on any atom is -0.507 e. The maximum atomic E-state index is 10.0. The van der Waals surface area contributed by atoms with Gasteiger partial charge < -0.3 is 15.9 Å². The van der Waals surface area contributed by atoms with E-state index in [1.165, 1.54) is 0 Å². The number of nitrogens with two attached hydrogens (primary N) is 1. The molecule has 3 nitrogen and oxygen atoms in total. The molecular weight excluding hydrogens is 202 g/mol. The largest absolute Gasteiger partial charge is 0.507 e. The normalized spacial score (nSPS) is 13.9. The van der Waals surface area contributed by atoms with Crippen molar-refractivity contribution in [2.45, 2.75) is 39.2 Å². The molecule has 0 spiro atoms. The molecule has 0 bridgehead atoms. The third-order valence-electron chi connectivity index (χ3n) is 2.76. The molecule has 1 unspecified atom stereocenters. The quantitative estimate of drug-likeness (QED) is 0.718. The van der Waals surface area contributed by atoms with E-state index in [4.69, 9.17) is 10.8 Å². The average Bonchev–Trinajstić information content (AvgIpc) is 2.18. The lowest BCUT2D eigenvalue weighted by atomic mass is 9.83. The summed E-state index contributed by atoms with van der Waals surface area (Å²) < 4.78 is 0. The molecule has 0 fully saturated rings. The van der Waals surface area contributed by atoms with Gasteiger partial charge in [0.25, 0.3) is 0 Å². The first-order valence-corrected chi connectivity index (χ1v) is 5.47. The Morgan fingerprint density at radius 2 is 1.88 bits per heavy atom. The molecule has 3 heteroatoms. The molecule has 1 atom stereocenters. The molecule has 0 saturated heterocycles. The Labute approximate surface area is 96.9 Å². The van der Waals surface area contributed by atoms with E-state index in [1.807, 2.05) is 39.8 Å². The average molecular weight is 223 g/mol. The van der Waals surface area contributed by atoms with Crippen LogP contribution in [0.25, 0.3) is 0 Å². The molecule has 0 amide bonds. The van der Waals surface area contributed by atoms with Crippen LogP contribution in [0.5, 0.6) is 5.75 Å². The Morgan fingerprint density at radius 3 is 2.31 bits per heavy atom. The molecule has 16 heavy (non-hydrogen) atoms. The van der Waals surface area contributed by atoms with Crippen LogP contribution in [0.1, 0.15) is 43.5 Å². The number of hydrogen-bond donors (Lipinski definition) is 3. The first-order valence-electron chi connectivity index (χ1n) is 5.47. The van der Waals surface area contributed by atoms with E-state index in [1.54, 1.807) is 0 Å². The number of aromatic hydroxyl groups is 1. The number of aliphatic hydroxyl groups excluding tert-OH is 1. The number of hydrogen-bond acceptors (Lipinski definition) is 3. The molecule has 0 saturated carbocycles. The van der Waals surface area contributed by atoms with Crippen LogP contribution in [0, 0.1) is 6.92 Å². The maximum absolute atomic E-state index is 10.0. The zero-order valence-electron chi connectivity index (χ0n) is 10.4. The monoisotopic (exact) mass is 223 g/mol. The van der Waals surface area contributed by atoms with Crippen molar-refractivity contribution in [2.75, 3.05) is 6.61 Å². The smallest absolute Gasteiger partial charge is 0.122 e. The van der Waals surface area contributed by atoms with Gasteiger partial charge in [0, 0.05) is 0 Å². The van der Waals surface area contributed by atoms with Gasteiger partial charge in [0.2, 0.25) is 0 Å². The molecule has 1 rings (SSSR count). The molecular formula is C13H21NO2. The van der Waals surface area contributed by atoms with Gasteiger partial charge in [-0.1, -0.05) is 26.8 Å². The number of rotatable bonds is 2. The van der Waals surface area contributed by atoms with E-state index in [0.717, 1.165) is 16.7 Å². The fraction of sp³-hybridized carbons (Fsp3) is 0.538. The highest BCUT2D eigenvalue weighted by atomic mass is 16.3. The van der Waals surface area contributed by atoms with Crippen molar-refractivity contribution in [3.05, 3.63) is 28.8 Å². The Bertz CT molecular complexity index is 380. The van der Waals surface area contributed by atoms with Crippen LogP contribution in [0.15, 0.2) is 12.1 Å². The first kappa shape index (κ1) is 13.0. The molecule has 0 aromatic heterocycles. The predicted molar refractivity (Wildman–Crippen MR) is 65.6 cm³/mol. The van der Waals surface area contributed by atoms with E-state index in [9.17, 15) is 5.11 Å². The van der Waals surface area contributed by atoms with Gasteiger partial charge in [0.1, 0.15) is 5.75 Å². The molecule has 0 aliphatic carbocycles. The van der Waals surface area contributed by atoms with E-state index in [2.05, 4.69) is 0 Å². The van der Waals surface area contributed by atoms with Gasteiger partial charge in [-0.15, -0.1) is 0 Å². The van der Waals surface area contributed by atoms with Gasteiger partial charge in [-0.2, -0.15) is 0 Å². The van der Waals surface area contributed by atoms with Gasteiger partial charge in [-0.3, -0.25) is 0 Å². The predicted octanol–water partition coefficient (Wildman–Crippen LogP) is 1.99. The highest BCUT2D eigenvalue weighted by Gasteiger charge is 2.21. The summed E-state index contributed by atoms with van der Waals surface area (Å²) in [5.41, 5.74) is 8.18. The summed E-state index contributed by atoms with van der Waals surface area (Å²) in [5, 5.41) is 19.1. The summed E-state index contributed by atoms with van der Waals surface area (Å²) >= 11 is 0. The summed E-state index contributed by atoms with van der Waals surface area (Å²) in [4.78, 5) is 0. The first-order chi connectivity index (χ1) is 7.27. The maximum Gasteiger partial charge on any atom is 0.122 e. The number of benzene rings is 1. The van der Waals surface area contributed by atoms with Crippen molar-refractivity contribution in [3.8, 4) is 5.75 Å². The Morgan fingerprint density at radius 1 is 1.31 bits per heavy atom. The Kier molecular flexibility index (Phi) is 3.61. The van der Waals surface area contributed by atoms with Crippen molar-refractivity contribution in [2.24, 2.45) is 5.73 Å². The van der Waals surface area contributed by atoms with Crippen LogP contribution in [0.3, 0.4) is 0 Å². The summed E-state index contributed by atoms with van der Waals surface area (Å²) in [6.07, 6.45) is 0. The summed E-state index contributed by atoms with van der Waals surface area (Å²) in [5.74, 6) is 0.321. The van der Waals surface area contributed by atoms with E-state index < -0.39 is 0 Å². The molecule has 4 N–H and O–H groups in total. The van der Waals surface area contributed by atoms with E-state index >= 15 is 0 Å². The summed E-state index contributed by atoms with van der Waals surface area (Å²) in [6, 6.07) is 3.31. The number of aryl methyl sites for hydroxylation is 1. The molecule has 0 aliphatic rings. The molecule has 0 heterocycles. The molecule has 0 aliphatic heterocycles. The molecule has 90 valence electrons. The fourth-order valence-corrected chi connectivity index (χ4v) is 1.70. The number of phenolic OH excluding ortho intramolecular Hbond substituents is 1.